The number of benzene rings is 1. The molecule has 0 spiro atoms. The van der Waals surface area contributed by atoms with Crippen LogP contribution < -0.4 is 0 Å². The molecule has 0 amide bonds. The molecular formula is C13H8BrFN2. The summed E-state index contributed by atoms with van der Waals surface area (Å²) in [6, 6.07) is 12.3. The standard InChI is InChI=1S/C13H8BrFN2/c14-9-5-6-17-10(7-9)8-13(16-17)11-3-1-2-4-12(11)15/h1-8H. The largest absolute Gasteiger partial charge is 0.240 e. The predicted molar refractivity (Wildman–Crippen MR) is 68.3 cm³/mol. The van der Waals surface area contributed by atoms with Gasteiger partial charge in [0.15, 0.2) is 0 Å². The van der Waals surface area contributed by atoms with Crippen LogP contribution in [0.3, 0.4) is 0 Å². The van der Waals surface area contributed by atoms with Crippen molar-refractivity contribution in [3.8, 4) is 11.3 Å². The molecule has 0 aliphatic carbocycles. The van der Waals surface area contributed by atoms with E-state index in [0.717, 1.165) is 9.99 Å². The fourth-order valence-corrected chi connectivity index (χ4v) is 2.12. The highest BCUT2D eigenvalue weighted by molar-refractivity contribution is 9.10. The van der Waals surface area contributed by atoms with Crippen molar-refractivity contribution in [2.45, 2.75) is 0 Å². The average Bonchev–Trinajstić information content (AvgIpc) is 2.72. The van der Waals surface area contributed by atoms with Crippen LogP contribution in [-0.2, 0) is 0 Å². The topological polar surface area (TPSA) is 17.3 Å². The van der Waals surface area contributed by atoms with Crippen molar-refractivity contribution < 1.29 is 4.39 Å². The molecule has 2 heterocycles. The third-order valence-electron chi connectivity index (χ3n) is 2.58. The first-order valence-electron chi connectivity index (χ1n) is 5.14. The Bertz CT molecular complexity index is 691. The first-order chi connectivity index (χ1) is 8.24. The summed E-state index contributed by atoms with van der Waals surface area (Å²) >= 11 is 3.40. The summed E-state index contributed by atoms with van der Waals surface area (Å²) in [4.78, 5) is 0. The van der Waals surface area contributed by atoms with Crippen LogP contribution in [0.15, 0.2) is 53.1 Å². The molecule has 1 aromatic carbocycles. The Balaban J connectivity index is 2.22. The molecule has 0 aliphatic heterocycles. The van der Waals surface area contributed by atoms with E-state index in [-0.39, 0.29) is 5.82 Å². The van der Waals surface area contributed by atoms with Gasteiger partial charge < -0.3 is 0 Å². The summed E-state index contributed by atoms with van der Waals surface area (Å²) in [7, 11) is 0. The Hall–Kier alpha value is -1.68. The lowest BCUT2D eigenvalue weighted by Crippen LogP contribution is -1.87. The van der Waals surface area contributed by atoms with Crippen LogP contribution >= 0.6 is 15.9 Å². The minimum absolute atomic E-state index is 0.255. The van der Waals surface area contributed by atoms with E-state index in [1.54, 1.807) is 22.7 Å². The van der Waals surface area contributed by atoms with Crippen molar-refractivity contribution >= 4 is 21.4 Å². The van der Waals surface area contributed by atoms with E-state index in [9.17, 15) is 4.39 Å². The van der Waals surface area contributed by atoms with Gasteiger partial charge in [-0.1, -0.05) is 28.1 Å². The summed E-state index contributed by atoms with van der Waals surface area (Å²) in [5, 5.41) is 4.34. The Morgan fingerprint density at radius 1 is 1.12 bits per heavy atom. The quantitative estimate of drug-likeness (QED) is 0.664. The highest BCUT2D eigenvalue weighted by Crippen LogP contribution is 2.23. The molecule has 3 rings (SSSR count). The lowest BCUT2D eigenvalue weighted by molar-refractivity contribution is 0.630. The number of hydrogen-bond donors (Lipinski definition) is 0. The number of pyridine rings is 1. The molecule has 4 heteroatoms. The van der Waals surface area contributed by atoms with Gasteiger partial charge in [0.05, 0.1) is 11.2 Å². The summed E-state index contributed by atoms with van der Waals surface area (Å²) in [6.45, 7) is 0. The second-order valence-electron chi connectivity index (χ2n) is 3.72. The van der Waals surface area contributed by atoms with Crippen LogP contribution in [0.2, 0.25) is 0 Å². The van der Waals surface area contributed by atoms with E-state index in [2.05, 4.69) is 21.0 Å². The lowest BCUT2D eigenvalue weighted by Gasteiger charge is -1.96. The normalized spacial score (nSPS) is 10.9. The van der Waals surface area contributed by atoms with E-state index in [4.69, 9.17) is 0 Å². The Labute approximate surface area is 106 Å². The molecule has 2 nitrogen and oxygen atoms in total. The Morgan fingerprint density at radius 2 is 1.94 bits per heavy atom. The average molecular weight is 291 g/mol. The molecule has 0 aliphatic rings. The first kappa shape index (κ1) is 10.5. The molecule has 0 bridgehead atoms. The second-order valence-corrected chi connectivity index (χ2v) is 4.64. The number of nitrogens with zero attached hydrogens (tertiary/aromatic N) is 2. The van der Waals surface area contributed by atoms with E-state index in [1.807, 2.05) is 24.4 Å². The maximum atomic E-state index is 13.6. The molecular weight excluding hydrogens is 283 g/mol. The van der Waals surface area contributed by atoms with Gasteiger partial charge in [-0.3, -0.25) is 0 Å². The molecule has 0 radical (unpaired) electrons. The van der Waals surface area contributed by atoms with Gasteiger partial charge >= 0.3 is 0 Å². The Kier molecular flexibility index (Phi) is 2.44. The second kappa shape index (κ2) is 3.96. The van der Waals surface area contributed by atoms with E-state index in [1.165, 1.54) is 6.07 Å². The molecule has 84 valence electrons. The zero-order valence-corrected chi connectivity index (χ0v) is 10.4. The van der Waals surface area contributed by atoms with Gasteiger partial charge in [-0.15, -0.1) is 0 Å². The van der Waals surface area contributed by atoms with Gasteiger partial charge in [0, 0.05) is 16.2 Å². The molecule has 3 aromatic rings. The van der Waals surface area contributed by atoms with Crippen molar-refractivity contribution in [3.05, 3.63) is 59.0 Å². The highest BCUT2D eigenvalue weighted by atomic mass is 79.9. The molecule has 2 aromatic heterocycles. The minimum atomic E-state index is -0.255. The van der Waals surface area contributed by atoms with Crippen molar-refractivity contribution in [3.63, 3.8) is 0 Å². The zero-order valence-electron chi connectivity index (χ0n) is 8.77. The van der Waals surface area contributed by atoms with Gasteiger partial charge in [0.1, 0.15) is 5.82 Å². The molecule has 0 fully saturated rings. The lowest BCUT2D eigenvalue weighted by atomic mass is 10.1. The molecule has 0 atom stereocenters. The van der Waals surface area contributed by atoms with Crippen LogP contribution in [0.1, 0.15) is 0 Å². The van der Waals surface area contributed by atoms with Gasteiger partial charge in [0.25, 0.3) is 0 Å². The van der Waals surface area contributed by atoms with Crippen molar-refractivity contribution in [1.29, 1.82) is 0 Å². The Morgan fingerprint density at radius 3 is 2.76 bits per heavy atom. The summed E-state index contributed by atoms with van der Waals surface area (Å²) in [5.41, 5.74) is 2.09. The molecule has 0 saturated carbocycles. The van der Waals surface area contributed by atoms with Crippen molar-refractivity contribution in [2.24, 2.45) is 0 Å². The fraction of sp³-hybridized carbons (Fsp3) is 0. The van der Waals surface area contributed by atoms with Gasteiger partial charge in [-0.2, -0.15) is 5.10 Å². The summed E-state index contributed by atoms with van der Waals surface area (Å²) in [5.74, 6) is -0.255. The number of hydrogen-bond acceptors (Lipinski definition) is 1. The number of fused-ring (bicyclic) bond motifs is 1. The predicted octanol–water partition coefficient (Wildman–Crippen LogP) is 3.90. The van der Waals surface area contributed by atoms with Crippen LogP contribution in [0.25, 0.3) is 16.8 Å². The van der Waals surface area contributed by atoms with Crippen LogP contribution in [0, 0.1) is 5.82 Å². The summed E-state index contributed by atoms with van der Waals surface area (Å²) < 4.78 is 16.3. The van der Waals surface area contributed by atoms with E-state index >= 15 is 0 Å². The molecule has 17 heavy (non-hydrogen) atoms. The number of aromatic nitrogens is 2. The van der Waals surface area contributed by atoms with Gasteiger partial charge in [-0.05, 0) is 30.3 Å². The minimum Gasteiger partial charge on any atom is -0.240 e. The maximum absolute atomic E-state index is 13.6. The third-order valence-corrected chi connectivity index (χ3v) is 3.07. The van der Waals surface area contributed by atoms with Crippen molar-refractivity contribution in [1.82, 2.24) is 9.61 Å². The third kappa shape index (κ3) is 1.85. The smallest absolute Gasteiger partial charge is 0.132 e. The maximum Gasteiger partial charge on any atom is 0.132 e. The van der Waals surface area contributed by atoms with E-state index < -0.39 is 0 Å². The SMILES string of the molecule is Fc1ccccc1-c1cc2cc(Br)ccn2n1. The molecule has 0 saturated heterocycles. The van der Waals surface area contributed by atoms with E-state index in [0.29, 0.717) is 11.3 Å². The molecule has 0 unspecified atom stereocenters. The number of rotatable bonds is 1. The van der Waals surface area contributed by atoms with Gasteiger partial charge in [-0.25, -0.2) is 8.91 Å². The first-order valence-corrected chi connectivity index (χ1v) is 5.93. The van der Waals surface area contributed by atoms with Crippen LogP contribution in [0.5, 0.6) is 0 Å². The van der Waals surface area contributed by atoms with Gasteiger partial charge in [0.2, 0.25) is 0 Å². The molecule has 0 N–H and O–H groups in total. The number of halogens is 2. The van der Waals surface area contributed by atoms with Crippen LogP contribution in [-0.4, -0.2) is 9.61 Å². The zero-order chi connectivity index (χ0) is 11.8. The van der Waals surface area contributed by atoms with Crippen LogP contribution in [0.4, 0.5) is 4.39 Å². The summed E-state index contributed by atoms with van der Waals surface area (Å²) in [6.07, 6.45) is 1.84. The monoisotopic (exact) mass is 290 g/mol. The van der Waals surface area contributed by atoms with Crippen molar-refractivity contribution in [2.75, 3.05) is 0 Å². The fourth-order valence-electron chi connectivity index (χ4n) is 1.77. The highest BCUT2D eigenvalue weighted by Gasteiger charge is 2.08.